The Labute approximate surface area is 206 Å². The Hall–Kier alpha value is -3.08. The first-order chi connectivity index (χ1) is 16.8. The zero-order valence-electron chi connectivity index (χ0n) is 20.3. The molecule has 0 radical (unpaired) electrons. The van der Waals surface area contributed by atoms with Crippen LogP contribution >= 0.6 is 0 Å². The number of pyridine rings is 1. The summed E-state index contributed by atoms with van der Waals surface area (Å²) in [7, 11) is 3.35. The van der Waals surface area contributed by atoms with Gasteiger partial charge in [-0.15, -0.1) is 0 Å². The maximum atomic E-state index is 14.5. The molecule has 0 unspecified atom stereocenters. The van der Waals surface area contributed by atoms with E-state index in [1.54, 1.807) is 38.1 Å². The van der Waals surface area contributed by atoms with Gasteiger partial charge in [-0.05, 0) is 63.5 Å². The van der Waals surface area contributed by atoms with Crippen LogP contribution in [-0.2, 0) is 11.2 Å². The van der Waals surface area contributed by atoms with Gasteiger partial charge in [-0.2, -0.15) is 13.2 Å². The van der Waals surface area contributed by atoms with Crippen molar-refractivity contribution in [3.05, 3.63) is 64.5 Å². The molecule has 1 aliphatic rings. The molecule has 1 aromatic carbocycles. The number of carbonyl (C=O) groups excluding carboxylic acids is 2. The zero-order chi connectivity index (χ0) is 26.8. The fraction of sp³-hybridized carbons (Fsp3) is 0.480. The second-order valence-electron chi connectivity index (χ2n) is 9.53. The van der Waals surface area contributed by atoms with Gasteiger partial charge in [-0.25, -0.2) is 8.78 Å². The van der Waals surface area contributed by atoms with Gasteiger partial charge < -0.3 is 16.0 Å². The van der Waals surface area contributed by atoms with Crippen LogP contribution in [0.2, 0.25) is 0 Å². The highest BCUT2D eigenvalue weighted by Gasteiger charge is 2.67. The minimum atomic E-state index is -4.46. The third kappa shape index (κ3) is 5.83. The number of halogens is 5. The molecule has 196 valence electrons. The Kier molecular flexibility index (Phi) is 8.02. The third-order valence-electron chi connectivity index (χ3n) is 6.89. The number of aromatic nitrogens is 1. The molecule has 2 atom stereocenters. The summed E-state index contributed by atoms with van der Waals surface area (Å²) in [4.78, 5) is 29.8. The largest absolute Gasteiger partial charge is 0.395 e. The van der Waals surface area contributed by atoms with E-state index in [2.05, 4.69) is 10.3 Å². The summed E-state index contributed by atoms with van der Waals surface area (Å²) in [6.07, 6.45) is -3.61. The predicted molar refractivity (Wildman–Crippen MR) is 123 cm³/mol. The highest BCUT2D eigenvalue weighted by Crippen LogP contribution is 2.66. The average molecular weight is 513 g/mol. The number of hydrogen-bond donors (Lipinski definition) is 2. The van der Waals surface area contributed by atoms with Crippen LogP contribution in [-0.4, -0.2) is 54.6 Å². The van der Waals surface area contributed by atoms with Gasteiger partial charge >= 0.3 is 6.18 Å². The number of hydrogen-bond acceptors (Lipinski definition) is 4. The number of nitrogens with one attached hydrogen (secondary N) is 1. The number of primary amides is 1. The molecule has 6 nitrogen and oxygen atoms in total. The number of carbonyl (C=O) groups is 2. The number of alkyl halides is 3. The maximum Gasteiger partial charge on any atom is 0.395 e. The van der Waals surface area contributed by atoms with Crippen molar-refractivity contribution in [3.63, 3.8) is 0 Å². The lowest BCUT2D eigenvalue weighted by Gasteiger charge is -2.30. The van der Waals surface area contributed by atoms with E-state index in [0.717, 1.165) is 6.07 Å². The summed E-state index contributed by atoms with van der Waals surface area (Å²) in [6, 6.07) is 5.03. The molecule has 0 bridgehead atoms. The summed E-state index contributed by atoms with van der Waals surface area (Å²) >= 11 is 0. The fourth-order valence-electron chi connectivity index (χ4n) is 4.40. The van der Waals surface area contributed by atoms with Gasteiger partial charge in [0.25, 0.3) is 5.91 Å². The van der Waals surface area contributed by atoms with E-state index in [4.69, 9.17) is 5.73 Å². The van der Waals surface area contributed by atoms with Crippen LogP contribution in [0, 0.1) is 24.0 Å². The van der Waals surface area contributed by atoms with E-state index in [0.29, 0.717) is 11.3 Å². The van der Waals surface area contributed by atoms with Gasteiger partial charge in [0.1, 0.15) is 0 Å². The quantitative estimate of drug-likeness (QED) is 0.473. The lowest BCUT2D eigenvalue weighted by Crippen LogP contribution is -2.43. The molecule has 1 saturated carbocycles. The van der Waals surface area contributed by atoms with Crippen LogP contribution in [0.25, 0.3) is 0 Å². The Morgan fingerprint density at radius 3 is 2.31 bits per heavy atom. The van der Waals surface area contributed by atoms with Crippen molar-refractivity contribution in [2.24, 2.45) is 11.1 Å². The number of rotatable bonds is 10. The standard InChI is InChI=1S/C25H29F5N4O2/c1-14-4-5-16(12-32-14)19(24(8-9-24)25(28,29)30)11-20(35)33-13-17(34(2)3)10-15-6-7-18(23(31)36)22(27)21(15)26/h4-7,12,17,19H,8-11,13H2,1-3H3,(H2,31,36)(H,33,35)/t17-,19+/m0/s1. The van der Waals surface area contributed by atoms with Crippen LogP contribution in [0.4, 0.5) is 22.0 Å². The van der Waals surface area contributed by atoms with Gasteiger partial charge in [0, 0.05) is 36.8 Å². The average Bonchev–Trinajstić information content (AvgIpc) is 3.60. The number of likely N-dealkylation sites (N-methyl/N-ethyl adjacent to an activating group) is 1. The normalized spacial score (nSPS) is 16.5. The highest BCUT2D eigenvalue weighted by atomic mass is 19.4. The van der Waals surface area contributed by atoms with E-state index < -0.39 is 52.6 Å². The van der Waals surface area contributed by atoms with Crippen LogP contribution in [0.15, 0.2) is 30.5 Å². The molecule has 2 aromatic rings. The molecular weight excluding hydrogens is 483 g/mol. The molecule has 1 aliphatic carbocycles. The van der Waals surface area contributed by atoms with Crippen LogP contribution in [0.5, 0.6) is 0 Å². The molecule has 0 saturated heterocycles. The second-order valence-corrected chi connectivity index (χ2v) is 9.53. The van der Waals surface area contributed by atoms with Crippen molar-refractivity contribution in [3.8, 4) is 0 Å². The molecule has 1 fully saturated rings. The minimum Gasteiger partial charge on any atom is -0.366 e. The number of amides is 2. The van der Waals surface area contributed by atoms with Crippen molar-refractivity contribution in [2.45, 2.75) is 50.7 Å². The van der Waals surface area contributed by atoms with Gasteiger partial charge in [-0.1, -0.05) is 12.1 Å². The molecule has 3 N–H and O–H groups in total. The summed E-state index contributed by atoms with van der Waals surface area (Å²) in [5.74, 6) is -5.33. The third-order valence-corrected chi connectivity index (χ3v) is 6.89. The maximum absolute atomic E-state index is 14.5. The topological polar surface area (TPSA) is 88.3 Å². The lowest BCUT2D eigenvalue weighted by molar-refractivity contribution is -0.194. The SMILES string of the molecule is Cc1ccc([C@@H](CC(=O)NC[C@H](Cc2ccc(C(N)=O)c(F)c2F)N(C)C)C2(C(F)(F)F)CC2)cn1. The second kappa shape index (κ2) is 10.5. The van der Waals surface area contributed by atoms with E-state index in [-0.39, 0.29) is 37.8 Å². The van der Waals surface area contributed by atoms with Gasteiger partial charge in [-0.3, -0.25) is 14.6 Å². The highest BCUT2D eigenvalue weighted by molar-refractivity contribution is 5.93. The number of benzene rings is 1. The molecule has 11 heteroatoms. The van der Waals surface area contributed by atoms with Crippen LogP contribution < -0.4 is 11.1 Å². The minimum absolute atomic E-state index is 0.0116. The van der Waals surface area contributed by atoms with E-state index in [1.165, 1.54) is 12.3 Å². The number of aryl methyl sites for hydroxylation is 1. The fourth-order valence-corrected chi connectivity index (χ4v) is 4.40. The zero-order valence-corrected chi connectivity index (χ0v) is 20.3. The summed E-state index contributed by atoms with van der Waals surface area (Å²) < 4.78 is 70.4. The molecular formula is C25H29F5N4O2. The molecule has 0 aliphatic heterocycles. The van der Waals surface area contributed by atoms with Crippen molar-refractivity contribution < 1.29 is 31.5 Å². The smallest absolute Gasteiger partial charge is 0.366 e. The predicted octanol–water partition coefficient (Wildman–Crippen LogP) is 3.87. The summed E-state index contributed by atoms with van der Waals surface area (Å²) in [5, 5.41) is 2.65. The number of nitrogens with zero attached hydrogens (tertiary/aromatic N) is 2. The molecule has 1 heterocycles. The van der Waals surface area contributed by atoms with Crippen molar-refractivity contribution >= 4 is 11.8 Å². The van der Waals surface area contributed by atoms with Crippen LogP contribution in [0.1, 0.15) is 52.4 Å². The number of nitrogens with two attached hydrogens (primary N) is 1. The first-order valence-electron chi connectivity index (χ1n) is 11.5. The van der Waals surface area contributed by atoms with Crippen molar-refractivity contribution in [2.75, 3.05) is 20.6 Å². The van der Waals surface area contributed by atoms with E-state index in [1.807, 2.05) is 0 Å². The van der Waals surface area contributed by atoms with Gasteiger partial charge in [0.15, 0.2) is 11.6 Å². The Morgan fingerprint density at radius 1 is 1.14 bits per heavy atom. The van der Waals surface area contributed by atoms with Gasteiger partial charge in [0.05, 0.1) is 11.0 Å². The monoisotopic (exact) mass is 512 g/mol. The molecule has 2 amide bonds. The molecule has 1 aromatic heterocycles. The molecule has 0 spiro atoms. The van der Waals surface area contributed by atoms with Crippen LogP contribution in [0.3, 0.4) is 0 Å². The molecule has 3 rings (SSSR count). The van der Waals surface area contributed by atoms with Crippen molar-refractivity contribution in [1.82, 2.24) is 15.2 Å². The Morgan fingerprint density at radius 2 is 1.81 bits per heavy atom. The summed E-state index contributed by atoms with van der Waals surface area (Å²) in [5.41, 5.74) is 3.48. The summed E-state index contributed by atoms with van der Waals surface area (Å²) in [6.45, 7) is 1.71. The first-order valence-corrected chi connectivity index (χ1v) is 11.5. The Bertz CT molecular complexity index is 1110. The van der Waals surface area contributed by atoms with E-state index >= 15 is 0 Å². The first kappa shape index (κ1) is 27.5. The van der Waals surface area contributed by atoms with Gasteiger partial charge in [0.2, 0.25) is 5.91 Å². The van der Waals surface area contributed by atoms with E-state index in [9.17, 15) is 31.5 Å². The van der Waals surface area contributed by atoms with Crippen molar-refractivity contribution in [1.29, 1.82) is 0 Å². The Balaban J connectivity index is 1.73. The lowest BCUT2D eigenvalue weighted by atomic mass is 9.80. The molecule has 36 heavy (non-hydrogen) atoms.